The topological polar surface area (TPSA) is 46.3 Å². The molecule has 0 radical (unpaired) electrons. The lowest BCUT2D eigenvalue weighted by Gasteiger charge is -2.01. The number of aromatic hydroxyl groups is 1. The summed E-state index contributed by atoms with van der Waals surface area (Å²) in [6, 6.07) is 11.0. The van der Waals surface area contributed by atoms with Gasteiger partial charge in [-0.1, -0.05) is 6.07 Å². The summed E-state index contributed by atoms with van der Waals surface area (Å²) in [6.07, 6.45) is 0. The van der Waals surface area contributed by atoms with Gasteiger partial charge in [0, 0.05) is 11.6 Å². The van der Waals surface area contributed by atoms with E-state index in [0.717, 1.165) is 11.1 Å². The Balaban J connectivity index is 2.16. The molecule has 90 valence electrons. The highest BCUT2D eigenvalue weighted by atomic mass is 16.3. The summed E-state index contributed by atoms with van der Waals surface area (Å²) in [5.41, 5.74) is 4.75. The van der Waals surface area contributed by atoms with Crippen LogP contribution in [0.1, 0.15) is 11.1 Å². The normalized spacial score (nSPS) is 11.0. The van der Waals surface area contributed by atoms with E-state index in [1.165, 1.54) is 11.1 Å². The molecule has 0 aliphatic carbocycles. The number of phenols is 1. The van der Waals surface area contributed by atoms with Gasteiger partial charge in [-0.15, -0.1) is 0 Å². The molecule has 0 aliphatic rings. The van der Waals surface area contributed by atoms with Crippen molar-refractivity contribution in [1.82, 2.24) is 4.98 Å². The number of nitrogens with zero attached hydrogens (tertiary/aromatic N) is 1. The number of benzene rings is 2. The van der Waals surface area contributed by atoms with Gasteiger partial charge in [0.15, 0.2) is 5.58 Å². The van der Waals surface area contributed by atoms with Crippen molar-refractivity contribution < 1.29 is 9.52 Å². The number of aryl methyl sites for hydroxylation is 2. The lowest BCUT2D eigenvalue weighted by atomic mass is 10.1. The minimum absolute atomic E-state index is 0.185. The van der Waals surface area contributed by atoms with Gasteiger partial charge in [0.05, 0.1) is 0 Å². The second-order valence-corrected chi connectivity index (χ2v) is 4.47. The summed E-state index contributed by atoms with van der Waals surface area (Å²) in [4.78, 5) is 4.42. The Bertz CT molecular complexity index is 728. The van der Waals surface area contributed by atoms with Gasteiger partial charge >= 0.3 is 0 Å². The fourth-order valence-corrected chi connectivity index (χ4v) is 1.91. The van der Waals surface area contributed by atoms with Crippen molar-refractivity contribution in [3.63, 3.8) is 0 Å². The van der Waals surface area contributed by atoms with Crippen molar-refractivity contribution in [2.45, 2.75) is 13.8 Å². The van der Waals surface area contributed by atoms with E-state index >= 15 is 0 Å². The molecule has 0 aliphatic heterocycles. The number of hydrogen-bond donors (Lipinski definition) is 1. The minimum atomic E-state index is 0.185. The van der Waals surface area contributed by atoms with Crippen LogP contribution >= 0.6 is 0 Å². The molecule has 1 heterocycles. The highest BCUT2D eigenvalue weighted by Gasteiger charge is 2.09. The second kappa shape index (κ2) is 3.88. The number of fused-ring (bicyclic) bond motifs is 1. The summed E-state index contributed by atoms with van der Waals surface area (Å²) >= 11 is 0. The first-order valence-electron chi connectivity index (χ1n) is 5.81. The molecule has 1 N–H and O–H groups in total. The van der Waals surface area contributed by atoms with Crippen molar-refractivity contribution >= 4 is 11.1 Å². The Morgan fingerprint density at radius 3 is 2.61 bits per heavy atom. The van der Waals surface area contributed by atoms with Crippen molar-refractivity contribution in [2.75, 3.05) is 0 Å². The van der Waals surface area contributed by atoms with E-state index in [1.54, 1.807) is 18.2 Å². The summed E-state index contributed by atoms with van der Waals surface area (Å²) in [6.45, 7) is 4.14. The standard InChI is InChI=1S/C15H13NO2/c1-9-3-4-11(7-10(9)2)15-16-13-6-5-12(17)8-14(13)18-15/h3-8,17H,1-2H3. The van der Waals surface area contributed by atoms with Crippen LogP contribution < -0.4 is 0 Å². The maximum Gasteiger partial charge on any atom is 0.227 e. The molecule has 2 aromatic carbocycles. The smallest absolute Gasteiger partial charge is 0.227 e. The molecule has 3 heteroatoms. The fourth-order valence-electron chi connectivity index (χ4n) is 1.91. The zero-order chi connectivity index (χ0) is 12.7. The first-order valence-corrected chi connectivity index (χ1v) is 5.81. The number of oxazole rings is 1. The molecular weight excluding hydrogens is 226 g/mol. The quantitative estimate of drug-likeness (QED) is 0.702. The number of aromatic nitrogens is 1. The van der Waals surface area contributed by atoms with Crippen molar-refractivity contribution in [1.29, 1.82) is 0 Å². The largest absolute Gasteiger partial charge is 0.508 e. The zero-order valence-corrected chi connectivity index (χ0v) is 10.3. The molecule has 0 fully saturated rings. The Kier molecular flexibility index (Phi) is 2.33. The molecule has 0 amide bonds. The minimum Gasteiger partial charge on any atom is -0.508 e. The summed E-state index contributed by atoms with van der Waals surface area (Å²) in [7, 11) is 0. The molecule has 3 nitrogen and oxygen atoms in total. The van der Waals surface area contributed by atoms with E-state index in [2.05, 4.69) is 31.0 Å². The predicted octanol–water partition coefficient (Wildman–Crippen LogP) is 3.82. The van der Waals surface area contributed by atoms with Crippen molar-refractivity contribution in [2.24, 2.45) is 0 Å². The van der Waals surface area contributed by atoms with Crippen LogP contribution in [0.5, 0.6) is 5.75 Å². The van der Waals surface area contributed by atoms with Crippen LogP contribution in [0.15, 0.2) is 40.8 Å². The molecular formula is C15H13NO2. The summed E-state index contributed by atoms with van der Waals surface area (Å²) in [5.74, 6) is 0.768. The van der Waals surface area contributed by atoms with E-state index in [0.29, 0.717) is 11.5 Å². The molecule has 0 bridgehead atoms. The van der Waals surface area contributed by atoms with Gasteiger partial charge in [-0.3, -0.25) is 0 Å². The monoisotopic (exact) mass is 239 g/mol. The van der Waals surface area contributed by atoms with Gasteiger partial charge in [0.1, 0.15) is 11.3 Å². The third-order valence-corrected chi connectivity index (χ3v) is 3.13. The van der Waals surface area contributed by atoms with Gasteiger partial charge < -0.3 is 9.52 Å². The Labute approximate surface area is 105 Å². The van der Waals surface area contributed by atoms with Crippen LogP contribution in [0.2, 0.25) is 0 Å². The number of hydrogen-bond acceptors (Lipinski definition) is 3. The SMILES string of the molecule is Cc1ccc(-c2nc3ccc(O)cc3o2)cc1C. The Morgan fingerprint density at radius 2 is 1.83 bits per heavy atom. The molecule has 1 aromatic heterocycles. The first-order chi connectivity index (χ1) is 8.63. The van der Waals surface area contributed by atoms with E-state index < -0.39 is 0 Å². The lowest BCUT2D eigenvalue weighted by Crippen LogP contribution is -1.83. The summed E-state index contributed by atoms with van der Waals surface area (Å²) < 4.78 is 5.66. The molecule has 3 aromatic rings. The van der Waals surface area contributed by atoms with Crippen LogP contribution in [0, 0.1) is 13.8 Å². The van der Waals surface area contributed by atoms with Gasteiger partial charge in [-0.05, 0) is 49.2 Å². The molecule has 0 spiro atoms. The van der Waals surface area contributed by atoms with Crippen molar-refractivity contribution in [3.8, 4) is 17.2 Å². The molecule has 18 heavy (non-hydrogen) atoms. The highest BCUT2D eigenvalue weighted by Crippen LogP contribution is 2.27. The van der Waals surface area contributed by atoms with E-state index in [1.807, 2.05) is 6.07 Å². The Hall–Kier alpha value is -2.29. The molecule has 0 saturated heterocycles. The van der Waals surface area contributed by atoms with E-state index in [9.17, 15) is 5.11 Å². The maximum atomic E-state index is 9.40. The van der Waals surface area contributed by atoms with Gasteiger partial charge in [0.25, 0.3) is 0 Å². The predicted molar refractivity (Wildman–Crippen MR) is 70.6 cm³/mol. The number of rotatable bonds is 1. The van der Waals surface area contributed by atoms with Crippen LogP contribution in [-0.2, 0) is 0 Å². The van der Waals surface area contributed by atoms with Crippen LogP contribution in [0.25, 0.3) is 22.6 Å². The zero-order valence-electron chi connectivity index (χ0n) is 10.3. The van der Waals surface area contributed by atoms with E-state index in [-0.39, 0.29) is 5.75 Å². The molecule has 0 saturated carbocycles. The molecule has 0 atom stereocenters. The fraction of sp³-hybridized carbons (Fsp3) is 0.133. The van der Waals surface area contributed by atoms with Crippen molar-refractivity contribution in [3.05, 3.63) is 47.5 Å². The number of phenolic OH excluding ortho intramolecular Hbond substituents is 1. The average molecular weight is 239 g/mol. The molecule has 0 unspecified atom stereocenters. The summed E-state index contributed by atoms with van der Waals surface area (Å²) in [5, 5.41) is 9.40. The van der Waals surface area contributed by atoms with Crippen LogP contribution in [0.3, 0.4) is 0 Å². The van der Waals surface area contributed by atoms with Gasteiger partial charge in [-0.2, -0.15) is 0 Å². The average Bonchev–Trinajstić information content (AvgIpc) is 2.75. The van der Waals surface area contributed by atoms with Gasteiger partial charge in [0.2, 0.25) is 5.89 Å². The maximum absolute atomic E-state index is 9.40. The second-order valence-electron chi connectivity index (χ2n) is 4.47. The highest BCUT2D eigenvalue weighted by molar-refractivity contribution is 5.77. The van der Waals surface area contributed by atoms with Crippen LogP contribution in [0.4, 0.5) is 0 Å². The molecule has 3 rings (SSSR count). The first kappa shape index (κ1) is 10.8. The third kappa shape index (κ3) is 1.74. The van der Waals surface area contributed by atoms with Crippen LogP contribution in [-0.4, -0.2) is 10.1 Å². The lowest BCUT2D eigenvalue weighted by molar-refractivity contribution is 0.474. The van der Waals surface area contributed by atoms with Gasteiger partial charge in [-0.25, -0.2) is 4.98 Å². The van der Waals surface area contributed by atoms with E-state index in [4.69, 9.17) is 4.42 Å². The Morgan fingerprint density at radius 1 is 1.00 bits per heavy atom. The third-order valence-electron chi connectivity index (χ3n) is 3.13.